The standard InChI is InChI=1S/C13H14F2N2O2/c14-8-2-1-7(10(15)11(8)18)12(19)17-6-3-13(4-6)5-9(13)16/h1-2,6,9,18H,3-5,16H2,(H,17,19). The number of carbonyl (C=O) groups is 1. The number of hydrogen-bond donors (Lipinski definition) is 3. The fraction of sp³-hybridized carbons (Fsp3) is 0.462. The van der Waals surface area contributed by atoms with Gasteiger partial charge in [-0.25, -0.2) is 8.78 Å². The van der Waals surface area contributed by atoms with Gasteiger partial charge in [0.1, 0.15) is 0 Å². The number of rotatable bonds is 2. The second kappa shape index (κ2) is 3.90. The zero-order chi connectivity index (χ0) is 13.8. The highest BCUT2D eigenvalue weighted by Gasteiger charge is 2.60. The molecule has 102 valence electrons. The van der Waals surface area contributed by atoms with Crippen molar-refractivity contribution in [1.29, 1.82) is 0 Å². The van der Waals surface area contributed by atoms with Crippen molar-refractivity contribution in [3.63, 3.8) is 0 Å². The maximum atomic E-state index is 13.5. The lowest BCUT2D eigenvalue weighted by molar-refractivity contribution is 0.0868. The maximum absolute atomic E-state index is 13.5. The Morgan fingerprint density at radius 1 is 1.37 bits per heavy atom. The van der Waals surface area contributed by atoms with Crippen LogP contribution >= 0.6 is 0 Å². The third kappa shape index (κ3) is 1.87. The molecule has 2 saturated carbocycles. The van der Waals surface area contributed by atoms with Crippen LogP contribution in [0.2, 0.25) is 0 Å². The molecule has 0 aliphatic heterocycles. The molecule has 1 atom stereocenters. The summed E-state index contributed by atoms with van der Waals surface area (Å²) in [5, 5.41) is 11.8. The molecule has 3 rings (SSSR count). The summed E-state index contributed by atoms with van der Waals surface area (Å²) in [5.41, 5.74) is 5.61. The van der Waals surface area contributed by atoms with Crippen LogP contribution in [0.3, 0.4) is 0 Å². The topological polar surface area (TPSA) is 75.3 Å². The van der Waals surface area contributed by atoms with Gasteiger partial charge in [-0.15, -0.1) is 0 Å². The highest BCUT2D eigenvalue weighted by atomic mass is 19.1. The minimum atomic E-state index is -1.23. The summed E-state index contributed by atoms with van der Waals surface area (Å²) in [6, 6.07) is 2.09. The molecule has 4 N–H and O–H groups in total. The number of hydrogen-bond acceptors (Lipinski definition) is 3. The fourth-order valence-corrected chi connectivity index (χ4v) is 2.85. The van der Waals surface area contributed by atoms with E-state index in [0.29, 0.717) is 0 Å². The molecule has 2 aliphatic rings. The van der Waals surface area contributed by atoms with Gasteiger partial charge in [0.2, 0.25) is 0 Å². The van der Waals surface area contributed by atoms with E-state index in [9.17, 15) is 13.6 Å². The first kappa shape index (κ1) is 12.3. The van der Waals surface area contributed by atoms with E-state index in [1.54, 1.807) is 0 Å². The molecule has 2 aliphatic carbocycles. The molecule has 4 nitrogen and oxygen atoms in total. The predicted octanol–water partition coefficient (Wildman–Crippen LogP) is 1.28. The average molecular weight is 268 g/mol. The van der Waals surface area contributed by atoms with Crippen LogP contribution in [-0.2, 0) is 0 Å². The van der Waals surface area contributed by atoms with Gasteiger partial charge in [0.05, 0.1) is 5.56 Å². The van der Waals surface area contributed by atoms with E-state index in [1.165, 1.54) is 0 Å². The van der Waals surface area contributed by atoms with Gasteiger partial charge in [0.15, 0.2) is 17.4 Å². The molecule has 6 heteroatoms. The first-order valence-corrected chi connectivity index (χ1v) is 6.16. The highest BCUT2D eigenvalue weighted by Crippen LogP contribution is 2.59. The Bertz CT molecular complexity index is 556. The Hall–Kier alpha value is -1.69. The van der Waals surface area contributed by atoms with E-state index in [2.05, 4.69) is 5.32 Å². The van der Waals surface area contributed by atoms with Crippen molar-refractivity contribution in [3.05, 3.63) is 29.3 Å². The zero-order valence-corrected chi connectivity index (χ0v) is 10.1. The lowest BCUT2D eigenvalue weighted by atomic mass is 9.76. The molecular weight excluding hydrogens is 254 g/mol. The van der Waals surface area contributed by atoms with Gasteiger partial charge in [0, 0.05) is 12.1 Å². The molecular formula is C13H14F2N2O2. The highest BCUT2D eigenvalue weighted by molar-refractivity contribution is 5.95. The van der Waals surface area contributed by atoms with Crippen molar-refractivity contribution in [1.82, 2.24) is 5.32 Å². The van der Waals surface area contributed by atoms with E-state index in [-0.39, 0.29) is 23.1 Å². The summed E-state index contributed by atoms with van der Waals surface area (Å²) in [4.78, 5) is 11.8. The van der Waals surface area contributed by atoms with E-state index >= 15 is 0 Å². The molecule has 1 unspecified atom stereocenters. The maximum Gasteiger partial charge on any atom is 0.254 e. The van der Waals surface area contributed by atoms with Crippen molar-refractivity contribution < 1.29 is 18.7 Å². The summed E-state index contributed by atoms with van der Waals surface area (Å²) in [7, 11) is 0. The largest absolute Gasteiger partial charge is 0.503 e. The van der Waals surface area contributed by atoms with Crippen LogP contribution in [0, 0.1) is 17.0 Å². The van der Waals surface area contributed by atoms with E-state index in [0.717, 1.165) is 31.4 Å². The third-order valence-corrected chi connectivity index (χ3v) is 4.21. The van der Waals surface area contributed by atoms with Crippen LogP contribution in [0.15, 0.2) is 12.1 Å². The Kier molecular flexibility index (Phi) is 2.53. The van der Waals surface area contributed by atoms with Crippen molar-refractivity contribution in [2.24, 2.45) is 11.1 Å². The van der Waals surface area contributed by atoms with Gasteiger partial charge in [-0.2, -0.15) is 0 Å². The second-order valence-corrected chi connectivity index (χ2v) is 5.51. The van der Waals surface area contributed by atoms with E-state index < -0.39 is 23.3 Å². The van der Waals surface area contributed by atoms with Gasteiger partial charge in [0.25, 0.3) is 5.91 Å². The third-order valence-electron chi connectivity index (χ3n) is 4.21. The van der Waals surface area contributed by atoms with Crippen LogP contribution in [0.5, 0.6) is 5.75 Å². The molecule has 1 amide bonds. The molecule has 1 spiro atoms. The molecule has 0 aromatic heterocycles. The SMILES string of the molecule is NC1CC12CC(NC(=O)c1ccc(F)c(O)c1F)C2. The van der Waals surface area contributed by atoms with Gasteiger partial charge < -0.3 is 16.2 Å². The summed E-state index contributed by atoms with van der Waals surface area (Å²) in [6.45, 7) is 0. The zero-order valence-electron chi connectivity index (χ0n) is 10.1. The fourth-order valence-electron chi connectivity index (χ4n) is 2.85. The minimum absolute atomic E-state index is 0.0207. The van der Waals surface area contributed by atoms with Crippen LogP contribution in [0.1, 0.15) is 29.6 Å². The smallest absolute Gasteiger partial charge is 0.254 e. The van der Waals surface area contributed by atoms with E-state index in [1.807, 2.05) is 0 Å². The monoisotopic (exact) mass is 268 g/mol. The molecule has 2 fully saturated rings. The van der Waals surface area contributed by atoms with Crippen LogP contribution in [-0.4, -0.2) is 23.1 Å². The van der Waals surface area contributed by atoms with Crippen molar-refractivity contribution in [3.8, 4) is 5.75 Å². The summed E-state index contributed by atoms with van der Waals surface area (Å²) >= 11 is 0. The Balaban J connectivity index is 1.67. The number of nitrogens with two attached hydrogens (primary N) is 1. The Labute approximate surface area is 108 Å². The molecule has 0 heterocycles. The van der Waals surface area contributed by atoms with Gasteiger partial charge in [-0.05, 0) is 36.8 Å². The molecule has 19 heavy (non-hydrogen) atoms. The van der Waals surface area contributed by atoms with Crippen molar-refractivity contribution >= 4 is 5.91 Å². The minimum Gasteiger partial charge on any atom is -0.503 e. The second-order valence-electron chi connectivity index (χ2n) is 5.51. The summed E-state index contributed by atoms with van der Waals surface area (Å²) in [6.07, 6.45) is 2.58. The number of carbonyl (C=O) groups excluding carboxylic acids is 1. The molecule has 0 radical (unpaired) electrons. The van der Waals surface area contributed by atoms with Crippen molar-refractivity contribution in [2.75, 3.05) is 0 Å². The number of amides is 1. The number of halogens is 2. The van der Waals surface area contributed by atoms with Gasteiger partial charge in [-0.3, -0.25) is 4.79 Å². The molecule has 1 aromatic rings. The van der Waals surface area contributed by atoms with E-state index in [4.69, 9.17) is 10.8 Å². The van der Waals surface area contributed by atoms with Crippen LogP contribution in [0.4, 0.5) is 8.78 Å². The number of aromatic hydroxyl groups is 1. The summed E-state index contributed by atoms with van der Waals surface area (Å²) < 4.78 is 26.4. The first-order chi connectivity index (χ1) is 8.93. The number of benzene rings is 1. The number of nitrogens with one attached hydrogen (secondary N) is 1. The lowest BCUT2D eigenvalue weighted by Crippen LogP contribution is -2.47. The number of phenolic OH excluding ortho intramolecular Hbond substituents is 1. The average Bonchev–Trinajstić information content (AvgIpc) is 2.97. The summed E-state index contributed by atoms with van der Waals surface area (Å²) in [5.74, 6) is -4.07. The Morgan fingerprint density at radius 2 is 2.00 bits per heavy atom. The van der Waals surface area contributed by atoms with Crippen LogP contribution < -0.4 is 11.1 Å². The first-order valence-electron chi connectivity index (χ1n) is 6.16. The lowest BCUT2D eigenvalue weighted by Gasteiger charge is -2.37. The normalized spacial score (nSPS) is 31.9. The molecule has 0 saturated heterocycles. The molecule has 0 bridgehead atoms. The van der Waals surface area contributed by atoms with Gasteiger partial charge in [-0.1, -0.05) is 0 Å². The quantitative estimate of drug-likeness (QED) is 0.756. The Morgan fingerprint density at radius 3 is 2.58 bits per heavy atom. The number of phenols is 1. The van der Waals surface area contributed by atoms with Crippen molar-refractivity contribution in [2.45, 2.75) is 31.3 Å². The van der Waals surface area contributed by atoms with Gasteiger partial charge >= 0.3 is 0 Å². The predicted molar refractivity (Wildman–Crippen MR) is 63.5 cm³/mol. The molecule has 1 aromatic carbocycles. The van der Waals surface area contributed by atoms with Crippen LogP contribution in [0.25, 0.3) is 0 Å².